The summed E-state index contributed by atoms with van der Waals surface area (Å²) in [5.74, 6) is 0.868. The molecule has 0 aliphatic heterocycles. The van der Waals surface area contributed by atoms with Crippen molar-refractivity contribution in [1.29, 1.82) is 5.26 Å². The van der Waals surface area contributed by atoms with Crippen LogP contribution in [-0.2, 0) is 6.42 Å². The number of nitrogens with zero attached hydrogens (tertiary/aromatic N) is 1. The van der Waals surface area contributed by atoms with Gasteiger partial charge < -0.3 is 4.74 Å². The van der Waals surface area contributed by atoms with Gasteiger partial charge in [0.05, 0.1) is 18.7 Å². The second-order valence-corrected chi connectivity index (χ2v) is 4.53. The quantitative estimate of drug-likeness (QED) is 0.822. The van der Waals surface area contributed by atoms with E-state index in [4.69, 9.17) is 4.74 Å². The topological polar surface area (TPSA) is 33.0 Å². The third-order valence-electron chi connectivity index (χ3n) is 3.32. The highest BCUT2D eigenvalue weighted by atomic mass is 16.5. The van der Waals surface area contributed by atoms with Crippen LogP contribution in [-0.4, -0.2) is 7.11 Å². The Balaban J connectivity index is 2.53. The van der Waals surface area contributed by atoms with Gasteiger partial charge in [-0.05, 0) is 53.8 Å². The lowest BCUT2D eigenvalue weighted by atomic mass is 9.96. The van der Waals surface area contributed by atoms with Crippen LogP contribution in [0.4, 0.5) is 0 Å². The highest BCUT2D eigenvalue weighted by Gasteiger charge is 2.07. The zero-order valence-electron chi connectivity index (χ0n) is 11.5. The minimum Gasteiger partial charge on any atom is -0.496 e. The highest BCUT2D eigenvalue weighted by molar-refractivity contribution is 5.72. The van der Waals surface area contributed by atoms with E-state index in [0.717, 1.165) is 34.4 Å². The largest absolute Gasteiger partial charge is 0.496 e. The van der Waals surface area contributed by atoms with Crippen molar-refractivity contribution in [2.24, 2.45) is 0 Å². The predicted octanol–water partition coefficient (Wildman–Crippen LogP) is 4.10. The summed E-state index contributed by atoms with van der Waals surface area (Å²) >= 11 is 0. The molecule has 0 radical (unpaired) electrons. The maximum absolute atomic E-state index is 9.30. The first-order valence-corrected chi connectivity index (χ1v) is 6.37. The molecule has 0 amide bonds. The van der Waals surface area contributed by atoms with Crippen LogP contribution in [0.5, 0.6) is 5.75 Å². The fourth-order valence-electron chi connectivity index (χ4n) is 2.20. The van der Waals surface area contributed by atoms with Gasteiger partial charge in [-0.15, -0.1) is 0 Å². The number of aryl methyl sites for hydroxylation is 2. The molecule has 0 atom stereocenters. The number of hydrogen-bond acceptors (Lipinski definition) is 2. The van der Waals surface area contributed by atoms with Gasteiger partial charge in [-0.2, -0.15) is 5.26 Å². The van der Waals surface area contributed by atoms with Gasteiger partial charge in [-0.25, -0.2) is 0 Å². The molecule has 0 bridgehead atoms. The lowest BCUT2D eigenvalue weighted by molar-refractivity contribution is 0.412. The van der Waals surface area contributed by atoms with Gasteiger partial charge in [0.25, 0.3) is 0 Å². The van der Waals surface area contributed by atoms with Gasteiger partial charge in [-0.3, -0.25) is 0 Å². The van der Waals surface area contributed by atoms with Crippen molar-refractivity contribution in [3.8, 4) is 22.9 Å². The molecule has 2 heteroatoms. The Labute approximate surface area is 114 Å². The van der Waals surface area contributed by atoms with E-state index in [1.54, 1.807) is 7.11 Å². The van der Waals surface area contributed by atoms with Crippen molar-refractivity contribution < 1.29 is 4.74 Å². The van der Waals surface area contributed by atoms with E-state index in [-0.39, 0.29) is 0 Å². The molecule has 0 spiro atoms. The van der Waals surface area contributed by atoms with Gasteiger partial charge in [0.1, 0.15) is 5.75 Å². The van der Waals surface area contributed by atoms with Crippen molar-refractivity contribution in [2.75, 3.05) is 7.11 Å². The SMILES string of the molecule is CCc1ccc(-c2ccc(OC)c(C)c2)c(C#N)c1. The van der Waals surface area contributed by atoms with E-state index in [9.17, 15) is 5.26 Å². The van der Waals surface area contributed by atoms with Crippen LogP contribution in [0.3, 0.4) is 0 Å². The Morgan fingerprint density at radius 2 is 1.95 bits per heavy atom. The van der Waals surface area contributed by atoms with E-state index in [1.165, 1.54) is 5.56 Å². The fourth-order valence-corrected chi connectivity index (χ4v) is 2.20. The third kappa shape index (κ3) is 2.61. The molecular weight excluding hydrogens is 234 g/mol. The maximum Gasteiger partial charge on any atom is 0.121 e. The van der Waals surface area contributed by atoms with Crippen molar-refractivity contribution in [1.82, 2.24) is 0 Å². The minimum absolute atomic E-state index is 0.726. The van der Waals surface area contributed by atoms with Gasteiger partial charge in [0.15, 0.2) is 0 Å². The summed E-state index contributed by atoms with van der Waals surface area (Å²) in [4.78, 5) is 0. The Bertz CT molecular complexity index is 638. The van der Waals surface area contributed by atoms with E-state index in [2.05, 4.69) is 25.1 Å². The number of methoxy groups -OCH3 is 1. The Hall–Kier alpha value is -2.27. The van der Waals surface area contributed by atoms with Gasteiger partial charge in [0, 0.05) is 0 Å². The first kappa shape index (κ1) is 13.2. The van der Waals surface area contributed by atoms with Gasteiger partial charge >= 0.3 is 0 Å². The average Bonchev–Trinajstić information content (AvgIpc) is 2.46. The molecule has 0 saturated heterocycles. The molecule has 19 heavy (non-hydrogen) atoms. The minimum atomic E-state index is 0.726. The van der Waals surface area contributed by atoms with E-state index < -0.39 is 0 Å². The summed E-state index contributed by atoms with van der Waals surface area (Å²) in [6, 6.07) is 14.4. The summed E-state index contributed by atoms with van der Waals surface area (Å²) in [6.07, 6.45) is 0.941. The molecule has 0 aliphatic rings. The van der Waals surface area contributed by atoms with E-state index in [1.807, 2.05) is 31.2 Å². The van der Waals surface area contributed by atoms with Crippen molar-refractivity contribution >= 4 is 0 Å². The second-order valence-electron chi connectivity index (χ2n) is 4.53. The van der Waals surface area contributed by atoms with Crippen molar-refractivity contribution in [3.63, 3.8) is 0 Å². The van der Waals surface area contributed by atoms with Gasteiger partial charge in [0.2, 0.25) is 0 Å². The van der Waals surface area contributed by atoms with Gasteiger partial charge in [-0.1, -0.05) is 25.1 Å². The molecule has 0 unspecified atom stereocenters. The lowest BCUT2D eigenvalue weighted by Crippen LogP contribution is -1.91. The summed E-state index contributed by atoms with van der Waals surface area (Å²) in [5.41, 5.74) is 5.01. The van der Waals surface area contributed by atoms with Crippen LogP contribution < -0.4 is 4.74 Å². The summed E-state index contributed by atoms with van der Waals surface area (Å²) in [7, 11) is 1.67. The third-order valence-corrected chi connectivity index (χ3v) is 3.32. The molecule has 0 saturated carbocycles. The number of nitriles is 1. The van der Waals surface area contributed by atoms with Crippen LogP contribution in [0.2, 0.25) is 0 Å². The van der Waals surface area contributed by atoms with Crippen LogP contribution in [0.25, 0.3) is 11.1 Å². The molecular formula is C17H17NO. The maximum atomic E-state index is 9.30. The fraction of sp³-hybridized carbons (Fsp3) is 0.235. The second kappa shape index (κ2) is 5.58. The zero-order valence-corrected chi connectivity index (χ0v) is 11.5. The zero-order chi connectivity index (χ0) is 13.8. The number of benzene rings is 2. The summed E-state index contributed by atoms with van der Waals surface area (Å²) < 4.78 is 5.26. The van der Waals surface area contributed by atoms with Crippen LogP contribution >= 0.6 is 0 Å². The Kier molecular flexibility index (Phi) is 3.87. The summed E-state index contributed by atoms with van der Waals surface area (Å²) in [5, 5.41) is 9.30. The number of rotatable bonds is 3. The smallest absolute Gasteiger partial charge is 0.121 e. The molecule has 0 N–H and O–H groups in total. The molecule has 0 fully saturated rings. The summed E-state index contributed by atoms with van der Waals surface area (Å²) in [6.45, 7) is 4.10. The standard InChI is InChI=1S/C17H17NO/c1-4-13-5-7-16(15(10-13)11-18)14-6-8-17(19-3)12(2)9-14/h5-10H,4H2,1-3H3. The molecule has 2 rings (SSSR count). The molecule has 2 aromatic carbocycles. The highest BCUT2D eigenvalue weighted by Crippen LogP contribution is 2.29. The molecule has 0 aliphatic carbocycles. The Morgan fingerprint density at radius 1 is 1.16 bits per heavy atom. The molecule has 2 nitrogen and oxygen atoms in total. The van der Waals surface area contributed by atoms with E-state index >= 15 is 0 Å². The van der Waals surface area contributed by atoms with E-state index in [0.29, 0.717) is 0 Å². The van der Waals surface area contributed by atoms with Crippen LogP contribution in [0.15, 0.2) is 36.4 Å². The molecule has 0 heterocycles. The van der Waals surface area contributed by atoms with Crippen LogP contribution in [0.1, 0.15) is 23.6 Å². The van der Waals surface area contributed by atoms with Crippen molar-refractivity contribution in [2.45, 2.75) is 20.3 Å². The first-order chi connectivity index (χ1) is 9.19. The molecule has 96 valence electrons. The molecule has 2 aromatic rings. The Morgan fingerprint density at radius 3 is 2.53 bits per heavy atom. The molecule has 0 aromatic heterocycles. The first-order valence-electron chi connectivity index (χ1n) is 6.37. The predicted molar refractivity (Wildman–Crippen MR) is 77.3 cm³/mol. The monoisotopic (exact) mass is 251 g/mol. The number of hydrogen-bond donors (Lipinski definition) is 0. The van der Waals surface area contributed by atoms with Crippen LogP contribution in [0, 0.1) is 18.3 Å². The lowest BCUT2D eigenvalue weighted by Gasteiger charge is -2.10. The average molecular weight is 251 g/mol. The number of ether oxygens (including phenoxy) is 1. The normalized spacial score (nSPS) is 10.0. The van der Waals surface area contributed by atoms with Crippen molar-refractivity contribution in [3.05, 3.63) is 53.1 Å².